The van der Waals surface area contributed by atoms with E-state index in [1.165, 1.54) is 0 Å². The number of amides is 1. The molecule has 0 N–H and O–H groups in total. The topological polar surface area (TPSA) is 29.5 Å². The molecule has 2 rings (SSSR count). The highest BCUT2D eigenvalue weighted by molar-refractivity contribution is 9.10. The molecule has 3 nitrogen and oxygen atoms in total. The van der Waals surface area contributed by atoms with Gasteiger partial charge in [0.15, 0.2) is 5.75 Å². The third-order valence-electron chi connectivity index (χ3n) is 2.99. The van der Waals surface area contributed by atoms with Gasteiger partial charge in [-0.15, -0.1) is 11.6 Å². The minimum absolute atomic E-state index is 0.0563. The quantitative estimate of drug-likeness (QED) is 0.751. The molecular formula is C13H14BrCl2NO2. The van der Waals surface area contributed by atoms with Crippen LogP contribution >= 0.6 is 39.1 Å². The Morgan fingerprint density at radius 1 is 1.53 bits per heavy atom. The van der Waals surface area contributed by atoms with E-state index in [1.54, 1.807) is 17.0 Å². The Bertz CT molecular complexity index is 496. The van der Waals surface area contributed by atoms with Crippen LogP contribution < -0.4 is 9.64 Å². The van der Waals surface area contributed by atoms with Crippen LogP contribution in [-0.4, -0.2) is 24.9 Å². The van der Waals surface area contributed by atoms with Gasteiger partial charge in [0, 0.05) is 23.9 Å². The first-order valence-corrected chi connectivity index (χ1v) is 7.75. The van der Waals surface area contributed by atoms with Gasteiger partial charge >= 0.3 is 0 Å². The molecule has 1 aromatic carbocycles. The molecule has 1 fully saturated rings. The fourth-order valence-electron chi connectivity index (χ4n) is 2.15. The minimum Gasteiger partial charge on any atom is -0.490 e. The Kier molecular flexibility index (Phi) is 4.98. The summed E-state index contributed by atoms with van der Waals surface area (Å²) >= 11 is 15.3. The largest absolute Gasteiger partial charge is 0.490 e. The van der Waals surface area contributed by atoms with Crippen molar-refractivity contribution in [1.29, 1.82) is 0 Å². The summed E-state index contributed by atoms with van der Waals surface area (Å²) in [5.74, 6) is 1.37. The average molecular weight is 367 g/mol. The molecule has 0 saturated carbocycles. The molecule has 0 spiro atoms. The Hall–Kier alpha value is -0.450. The normalized spacial score (nSPS) is 19.1. The van der Waals surface area contributed by atoms with Crippen molar-refractivity contribution in [3.05, 3.63) is 21.6 Å². The van der Waals surface area contributed by atoms with E-state index in [4.69, 9.17) is 27.9 Å². The molecular weight excluding hydrogens is 353 g/mol. The van der Waals surface area contributed by atoms with Crippen molar-refractivity contribution >= 4 is 50.7 Å². The fourth-order valence-corrected chi connectivity index (χ4v) is 3.27. The lowest BCUT2D eigenvalue weighted by Crippen LogP contribution is -2.25. The second-order valence-electron chi connectivity index (χ2n) is 4.40. The van der Waals surface area contributed by atoms with E-state index in [0.717, 1.165) is 4.47 Å². The molecule has 19 heavy (non-hydrogen) atoms. The van der Waals surface area contributed by atoms with E-state index in [1.807, 2.05) is 6.92 Å². The first-order valence-electron chi connectivity index (χ1n) is 6.05. The van der Waals surface area contributed by atoms with E-state index >= 15 is 0 Å². The number of carbonyl (C=O) groups is 1. The molecule has 1 atom stereocenters. The molecule has 1 amide bonds. The predicted octanol–water partition coefficient (Wildman–Crippen LogP) is 4.09. The zero-order valence-corrected chi connectivity index (χ0v) is 13.6. The lowest BCUT2D eigenvalue weighted by molar-refractivity contribution is -0.117. The summed E-state index contributed by atoms with van der Waals surface area (Å²) in [5, 5.41) is 0.562. The fraction of sp³-hybridized carbons (Fsp3) is 0.462. The number of hydrogen-bond acceptors (Lipinski definition) is 2. The lowest BCUT2D eigenvalue weighted by Gasteiger charge is -2.21. The van der Waals surface area contributed by atoms with Crippen LogP contribution in [0.2, 0.25) is 5.02 Å². The summed E-state index contributed by atoms with van der Waals surface area (Å²) in [4.78, 5) is 13.8. The van der Waals surface area contributed by atoms with Gasteiger partial charge < -0.3 is 9.64 Å². The van der Waals surface area contributed by atoms with Crippen LogP contribution in [0.5, 0.6) is 5.75 Å². The van der Waals surface area contributed by atoms with Gasteiger partial charge in [0.2, 0.25) is 5.91 Å². The molecule has 104 valence electrons. The zero-order chi connectivity index (χ0) is 14.0. The smallest absolute Gasteiger partial charge is 0.227 e. The summed E-state index contributed by atoms with van der Waals surface area (Å²) in [7, 11) is 0. The third-order valence-corrected chi connectivity index (χ3v) is 4.24. The van der Waals surface area contributed by atoms with Gasteiger partial charge in [-0.05, 0) is 40.9 Å². The molecule has 1 aliphatic rings. The van der Waals surface area contributed by atoms with E-state index in [-0.39, 0.29) is 11.8 Å². The van der Waals surface area contributed by atoms with Crippen molar-refractivity contribution in [2.75, 3.05) is 23.9 Å². The van der Waals surface area contributed by atoms with Crippen molar-refractivity contribution in [3.8, 4) is 5.75 Å². The van der Waals surface area contributed by atoms with Gasteiger partial charge in [-0.2, -0.15) is 0 Å². The molecule has 1 unspecified atom stereocenters. The van der Waals surface area contributed by atoms with Gasteiger partial charge in [0.25, 0.3) is 0 Å². The summed E-state index contributed by atoms with van der Waals surface area (Å²) in [6.45, 7) is 3.03. The Morgan fingerprint density at radius 2 is 2.26 bits per heavy atom. The maximum atomic E-state index is 12.1. The number of rotatable bonds is 4. The zero-order valence-electron chi connectivity index (χ0n) is 10.5. The molecule has 1 aromatic rings. The number of ether oxygens (including phenoxy) is 1. The highest BCUT2D eigenvalue weighted by atomic mass is 79.9. The molecule has 0 aliphatic carbocycles. The third kappa shape index (κ3) is 3.18. The van der Waals surface area contributed by atoms with Crippen molar-refractivity contribution in [2.24, 2.45) is 5.92 Å². The molecule has 0 aromatic heterocycles. The van der Waals surface area contributed by atoms with Gasteiger partial charge in [-0.1, -0.05) is 11.6 Å². The molecule has 1 heterocycles. The van der Waals surface area contributed by atoms with Crippen molar-refractivity contribution in [2.45, 2.75) is 13.3 Å². The summed E-state index contributed by atoms with van der Waals surface area (Å²) in [6, 6.07) is 3.52. The van der Waals surface area contributed by atoms with Gasteiger partial charge in [0.05, 0.1) is 16.8 Å². The highest BCUT2D eigenvalue weighted by Gasteiger charge is 2.32. The number of anilines is 1. The Morgan fingerprint density at radius 3 is 2.84 bits per heavy atom. The molecule has 1 saturated heterocycles. The van der Waals surface area contributed by atoms with E-state index in [9.17, 15) is 4.79 Å². The van der Waals surface area contributed by atoms with Crippen LogP contribution in [0, 0.1) is 5.92 Å². The monoisotopic (exact) mass is 365 g/mol. The van der Waals surface area contributed by atoms with Crippen molar-refractivity contribution in [3.63, 3.8) is 0 Å². The van der Waals surface area contributed by atoms with E-state index in [2.05, 4.69) is 15.9 Å². The van der Waals surface area contributed by atoms with Gasteiger partial charge in [-0.25, -0.2) is 0 Å². The lowest BCUT2D eigenvalue weighted by atomic mass is 10.1. The maximum Gasteiger partial charge on any atom is 0.227 e. The van der Waals surface area contributed by atoms with Crippen LogP contribution in [-0.2, 0) is 4.79 Å². The minimum atomic E-state index is 0.0563. The van der Waals surface area contributed by atoms with Crippen LogP contribution in [0.15, 0.2) is 16.6 Å². The van der Waals surface area contributed by atoms with Crippen molar-refractivity contribution < 1.29 is 9.53 Å². The Labute approximate surface area is 130 Å². The number of hydrogen-bond donors (Lipinski definition) is 0. The van der Waals surface area contributed by atoms with Gasteiger partial charge in [0.1, 0.15) is 0 Å². The van der Waals surface area contributed by atoms with Crippen molar-refractivity contribution in [1.82, 2.24) is 0 Å². The second kappa shape index (κ2) is 6.33. The molecule has 0 bridgehead atoms. The van der Waals surface area contributed by atoms with E-state index < -0.39 is 0 Å². The Balaban J connectivity index is 2.40. The SMILES string of the molecule is CCOc1c(Br)cc(Cl)cc1N1CC(CCl)CC1=O. The summed E-state index contributed by atoms with van der Waals surface area (Å²) in [6.07, 6.45) is 0.471. The van der Waals surface area contributed by atoms with Crippen LogP contribution in [0.1, 0.15) is 13.3 Å². The molecule has 1 aliphatic heterocycles. The first-order chi connectivity index (χ1) is 9.06. The standard InChI is InChI=1S/C13H14BrCl2NO2/c1-2-19-13-10(14)4-9(16)5-11(13)17-7-8(6-15)3-12(17)18/h4-5,8H,2-3,6-7H2,1H3. The van der Waals surface area contributed by atoms with Crippen LogP contribution in [0.4, 0.5) is 5.69 Å². The number of nitrogens with zero attached hydrogens (tertiary/aromatic N) is 1. The molecule has 0 radical (unpaired) electrons. The summed E-state index contributed by atoms with van der Waals surface area (Å²) in [5.41, 5.74) is 0.707. The maximum absolute atomic E-state index is 12.1. The van der Waals surface area contributed by atoms with Gasteiger partial charge in [-0.3, -0.25) is 4.79 Å². The first kappa shape index (κ1) is 14.9. The number of carbonyl (C=O) groups excluding carboxylic acids is 1. The number of alkyl halides is 1. The average Bonchev–Trinajstić information content (AvgIpc) is 2.74. The van der Waals surface area contributed by atoms with Crippen LogP contribution in [0.3, 0.4) is 0 Å². The highest BCUT2D eigenvalue weighted by Crippen LogP contribution is 2.41. The predicted molar refractivity (Wildman–Crippen MR) is 81.5 cm³/mol. The summed E-state index contributed by atoms with van der Waals surface area (Å²) < 4.78 is 6.37. The van der Waals surface area contributed by atoms with Crippen LogP contribution in [0.25, 0.3) is 0 Å². The van der Waals surface area contributed by atoms with E-state index in [0.29, 0.717) is 41.9 Å². The second-order valence-corrected chi connectivity index (χ2v) is 6.00. The number of benzene rings is 1. The molecule has 6 heteroatoms. The number of halogens is 3.